The number of benzene rings is 1. The van der Waals surface area contributed by atoms with E-state index in [0.717, 1.165) is 18.2 Å². The molecule has 3 nitrogen and oxygen atoms in total. The predicted molar refractivity (Wildman–Crippen MR) is 68.6 cm³/mol. The van der Waals surface area contributed by atoms with Crippen LogP contribution in [0.1, 0.15) is 33.0 Å². The maximum Gasteiger partial charge on any atom is 0.188 e. The number of nitrogens with zero attached hydrogens (tertiary/aromatic N) is 1. The molecule has 2 rings (SSSR count). The van der Waals surface area contributed by atoms with Gasteiger partial charge in [-0.1, -0.05) is 0 Å². The first-order chi connectivity index (χ1) is 9.47. The van der Waals surface area contributed by atoms with E-state index in [1.54, 1.807) is 0 Å². The Hall–Kier alpha value is -2.43. The van der Waals surface area contributed by atoms with E-state index < -0.39 is 23.2 Å². The maximum atomic E-state index is 13.1. The summed E-state index contributed by atoms with van der Waals surface area (Å²) in [6.07, 6.45) is -0.385. The number of rotatable bonds is 4. The molecular weight excluding hydrogens is 264 g/mol. The summed E-state index contributed by atoms with van der Waals surface area (Å²) in [7, 11) is 0. The topological polar surface area (TPSA) is 47.0 Å². The third kappa shape index (κ3) is 3.12. The number of hydrogen-bond donors (Lipinski definition) is 0. The lowest BCUT2D eigenvalue weighted by Crippen LogP contribution is -2.11. The van der Waals surface area contributed by atoms with Crippen molar-refractivity contribution in [3.05, 3.63) is 65.0 Å². The van der Waals surface area contributed by atoms with Crippen molar-refractivity contribution < 1.29 is 18.4 Å². The Morgan fingerprint density at radius 3 is 2.25 bits per heavy atom. The van der Waals surface area contributed by atoms with Crippen molar-refractivity contribution in [2.45, 2.75) is 13.3 Å². The minimum atomic E-state index is -0.508. The SMILES string of the molecule is Cc1nc(C(=O)CC(=O)c2ccc(F)cc2)ccc1F. The molecule has 0 spiro atoms. The van der Waals surface area contributed by atoms with E-state index >= 15 is 0 Å². The van der Waals surface area contributed by atoms with Crippen LogP contribution < -0.4 is 0 Å². The number of aryl methyl sites for hydroxylation is 1. The zero-order valence-electron chi connectivity index (χ0n) is 10.7. The number of carbonyl (C=O) groups is 2. The molecule has 0 aliphatic carbocycles. The van der Waals surface area contributed by atoms with Crippen molar-refractivity contribution in [2.75, 3.05) is 0 Å². The summed E-state index contributed by atoms with van der Waals surface area (Å²) < 4.78 is 25.8. The van der Waals surface area contributed by atoms with Gasteiger partial charge in [0, 0.05) is 5.56 Å². The fourth-order valence-electron chi connectivity index (χ4n) is 1.67. The minimum absolute atomic E-state index is 0.0411. The molecule has 102 valence electrons. The minimum Gasteiger partial charge on any atom is -0.294 e. The van der Waals surface area contributed by atoms with Crippen LogP contribution in [0.3, 0.4) is 0 Å². The Morgan fingerprint density at radius 1 is 1.00 bits per heavy atom. The van der Waals surface area contributed by atoms with Crippen LogP contribution in [0.15, 0.2) is 36.4 Å². The summed E-state index contributed by atoms with van der Waals surface area (Å²) in [6.45, 7) is 1.44. The summed E-state index contributed by atoms with van der Waals surface area (Å²) in [6, 6.07) is 7.30. The van der Waals surface area contributed by atoms with E-state index in [1.807, 2.05) is 0 Å². The second-order valence-electron chi connectivity index (χ2n) is 4.29. The number of ketones is 2. The predicted octanol–water partition coefficient (Wildman–Crippen LogP) is 3.12. The highest BCUT2D eigenvalue weighted by atomic mass is 19.1. The second-order valence-corrected chi connectivity index (χ2v) is 4.29. The molecule has 0 atom stereocenters. The number of halogens is 2. The van der Waals surface area contributed by atoms with E-state index in [4.69, 9.17) is 0 Å². The molecule has 0 saturated heterocycles. The van der Waals surface area contributed by atoms with Gasteiger partial charge in [0.25, 0.3) is 0 Å². The Bertz CT molecular complexity index is 666. The van der Waals surface area contributed by atoms with Gasteiger partial charge < -0.3 is 0 Å². The van der Waals surface area contributed by atoms with Gasteiger partial charge >= 0.3 is 0 Å². The summed E-state index contributed by atoms with van der Waals surface area (Å²) in [5.74, 6) is -1.89. The zero-order chi connectivity index (χ0) is 14.7. The lowest BCUT2D eigenvalue weighted by Gasteiger charge is -2.02. The molecule has 20 heavy (non-hydrogen) atoms. The molecule has 5 heteroatoms. The highest BCUT2D eigenvalue weighted by molar-refractivity contribution is 6.12. The monoisotopic (exact) mass is 275 g/mol. The van der Waals surface area contributed by atoms with E-state index in [1.165, 1.54) is 25.1 Å². The molecule has 0 amide bonds. The molecule has 0 bridgehead atoms. The molecule has 0 fully saturated rings. The molecule has 0 N–H and O–H groups in total. The molecule has 2 aromatic rings. The Balaban J connectivity index is 2.13. The fourth-order valence-corrected chi connectivity index (χ4v) is 1.67. The number of pyridine rings is 1. The molecular formula is C15H11F2NO2. The van der Waals surface area contributed by atoms with Crippen molar-refractivity contribution in [1.82, 2.24) is 4.98 Å². The zero-order valence-corrected chi connectivity index (χ0v) is 10.7. The molecule has 1 aromatic carbocycles. The van der Waals surface area contributed by atoms with Crippen LogP contribution >= 0.6 is 0 Å². The quantitative estimate of drug-likeness (QED) is 0.636. The van der Waals surface area contributed by atoms with Gasteiger partial charge in [0.1, 0.15) is 17.3 Å². The number of Topliss-reactive ketones (excluding diaryl/α,β-unsaturated/α-hetero) is 2. The molecule has 0 unspecified atom stereocenters. The van der Waals surface area contributed by atoms with E-state index in [-0.39, 0.29) is 23.4 Å². The fraction of sp³-hybridized carbons (Fsp3) is 0.133. The highest BCUT2D eigenvalue weighted by Gasteiger charge is 2.15. The van der Waals surface area contributed by atoms with Gasteiger partial charge in [-0.25, -0.2) is 13.8 Å². The average Bonchev–Trinajstić information content (AvgIpc) is 2.42. The van der Waals surface area contributed by atoms with E-state index in [0.29, 0.717) is 0 Å². The Kier molecular flexibility index (Phi) is 3.98. The van der Waals surface area contributed by atoms with Gasteiger partial charge in [-0.2, -0.15) is 0 Å². The van der Waals surface area contributed by atoms with Crippen molar-refractivity contribution in [1.29, 1.82) is 0 Å². The van der Waals surface area contributed by atoms with Crippen LogP contribution in [0, 0.1) is 18.6 Å². The maximum absolute atomic E-state index is 13.1. The van der Waals surface area contributed by atoms with Gasteiger partial charge in [-0.15, -0.1) is 0 Å². The molecule has 0 saturated carbocycles. The van der Waals surface area contributed by atoms with Crippen LogP contribution in [0.4, 0.5) is 8.78 Å². The lowest BCUT2D eigenvalue weighted by molar-refractivity contribution is 0.0891. The van der Waals surface area contributed by atoms with E-state index in [9.17, 15) is 18.4 Å². The average molecular weight is 275 g/mol. The Morgan fingerprint density at radius 2 is 1.65 bits per heavy atom. The second kappa shape index (κ2) is 5.69. The molecule has 1 heterocycles. The summed E-state index contributed by atoms with van der Waals surface area (Å²) >= 11 is 0. The van der Waals surface area contributed by atoms with Crippen LogP contribution in [0.5, 0.6) is 0 Å². The molecule has 0 radical (unpaired) electrons. The molecule has 0 aliphatic rings. The normalized spacial score (nSPS) is 10.3. The van der Waals surface area contributed by atoms with Gasteiger partial charge in [0.2, 0.25) is 0 Å². The van der Waals surface area contributed by atoms with Crippen LogP contribution in [-0.2, 0) is 0 Å². The number of hydrogen-bond acceptors (Lipinski definition) is 3. The molecule has 0 aliphatic heterocycles. The van der Waals surface area contributed by atoms with Gasteiger partial charge in [-0.3, -0.25) is 9.59 Å². The third-order valence-electron chi connectivity index (χ3n) is 2.79. The number of carbonyl (C=O) groups excluding carboxylic acids is 2. The van der Waals surface area contributed by atoms with Gasteiger partial charge in [0.15, 0.2) is 11.6 Å². The molecule has 1 aromatic heterocycles. The van der Waals surface area contributed by atoms with E-state index in [2.05, 4.69) is 4.98 Å². The summed E-state index contributed by atoms with van der Waals surface area (Å²) in [5.41, 5.74) is 0.392. The van der Waals surface area contributed by atoms with Crippen molar-refractivity contribution in [3.63, 3.8) is 0 Å². The standard InChI is InChI=1S/C15H11F2NO2/c1-9-12(17)6-7-13(18-9)15(20)8-14(19)10-2-4-11(16)5-3-10/h2-7H,8H2,1H3. The first-order valence-electron chi connectivity index (χ1n) is 5.92. The van der Waals surface area contributed by atoms with Crippen LogP contribution in [0.2, 0.25) is 0 Å². The van der Waals surface area contributed by atoms with Gasteiger partial charge in [0.05, 0.1) is 12.1 Å². The Labute approximate surface area is 114 Å². The smallest absolute Gasteiger partial charge is 0.188 e. The highest BCUT2D eigenvalue weighted by Crippen LogP contribution is 2.10. The largest absolute Gasteiger partial charge is 0.294 e. The van der Waals surface area contributed by atoms with Crippen LogP contribution in [-0.4, -0.2) is 16.6 Å². The van der Waals surface area contributed by atoms with Gasteiger partial charge in [-0.05, 0) is 43.3 Å². The number of aromatic nitrogens is 1. The third-order valence-corrected chi connectivity index (χ3v) is 2.79. The summed E-state index contributed by atoms with van der Waals surface area (Å²) in [5, 5.41) is 0. The van der Waals surface area contributed by atoms with Crippen molar-refractivity contribution in [2.24, 2.45) is 0 Å². The van der Waals surface area contributed by atoms with Crippen LogP contribution in [0.25, 0.3) is 0 Å². The first-order valence-corrected chi connectivity index (χ1v) is 5.92. The summed E-state index contributed by atoms with van der Waals surface area (Å²) in [4.78, 5) is 27.5. The van der Waals surface area contributed by atoms with Crippen molar-refractivity contribution in [3.8, 4) is 0 Å². The van der Waals surface area contributed by atoms with Crippen molar-refractivity contribution >= 4 is 11.6 Å². The first kappa shape index (κ1) is 14.0. The lowest BCUT2D eigenvalue weighted by atomic mass is 10.0.